The fraction of sp³-hybridized carbons (Fsp3) is 0.333. The van der Waals surface area contributed by atoms with Crippen LogP contribution in [0, 0.1) is 20.8 Å². The minimum atomic E-state index is -4.18. The number of aryl methyl sites for hydroxylation is 3. The van der Waals surface area contributed by atoms with Gasteiger partial charge in [0, 0.05) is 13.1 Å². The van der Waals surface area contributed by atoms with E-state index in [-0.39, 0.29) is 23.0 Å². The Morgan fingerprint density at radius 3 is 2.03 bits per heavy atom. The van der Waals surface area contributed by atoms with Gasteiger partial charge in [-0.05, 0) is 70.0 Å². The molecule has 3 aromatic rings. The Kier molecular flexibility index (Phi) is 9.75. The lowest BCUT2D eigenvalue weighted by Gasteiger charge is -2.32. The number of methoxy groups -OCH3 is 1. The van der Waals surface area contributed by atoms with Crippen molar-refractivity contribution >= 4 is 27.5 Å². The Bertz CT molecular complexity index is 1400. The molecule has 0 heterocycles. The van der Waals surface area contributed by atoms with Gasteiger partial charge in [-0.1, -0.05) is 53.6 Å². The van der Waals surface area contributed by atoms with E-state index < -0.39 is 28.5 Å². The number of benzene rings is 3. The molecule has 0 aliphatic rings. The highest BCUT2D eigenvalue weighted by molar-refractivity contribution is 7.92. The molecule has 8 nitrogen and oxygen atoms in total. The predicted molar refractivity (Wildman–Crippen MR) is 153 cm³/mol. The van der Waals surface area contributed by atoms with Gasteiger partial charge < -0.3 is 15.0 Å². The third-order valence-electron chi connectivity index (χ3n) is 6.48. The minimum Gasteiger partial charge on any atom is -0.495 e. The Balaban J connectivity index is 2.09. The van der Waals surface area contributed by atoms with Crippen molar-refractivity contribution in [2.24, 2.45) is 0 Å². The van der Waals surface area contributed by atoms with Crippen LogP contribution in [0.5, 0.6) is 5.75 Å². The number of anilines is 1. The largest absolute Gasteiger partial charge is 0.495 e. The molecule has 39 heavy (non-hydrogen) atoms. The van der Waals surface area contributed by atoms with E-state index in [0.717, 1.165) is 26.6 Å². The molecule has 1 N–H and O–H groups in total. The highest BCUT2D eigenvalue weighted by Gasteiger charge is 2.33. The van der Waals surface area contributed by atoms with Crippen LogP contribution in [0.1, 0.15) is 36.1 Å². The molecule has 0 bridgehead atoms. The van der Waals surface area contributed by atoms with Crippen molar-refractivity contribution in [1.29, 1.82) is 0 Å². The SMILES string of the molecule is CCNC(=O)C(C)N(Cc1ccc(C)cc1)C(=O)CN(c1cc(C)ccc1OC)S(=O)(=O)c1ccc(C)cc1. The summed E-state index contributed by atoms with van der Waals surface area (Å²) in [6, 6.07) is 18.4. The number of amides is 2. The van der Waals surface area contributed by atoms with Crippen LogP contribution in [0.2, 0.25) is 0 Å². The second kappa shape index (κ2) is 12.8. The van der Waals surface area contributed by atoms with E-state index in [4.69, 9.17) is 4.74 Å². The van der Waals surface area contributed by atoms with Crippen LogP contribution in [0.4, 0.5) is 5.69 Å². The molecule has 9 heteroatoms. The maximum atomic E-state index is 14.0. The fourth-order valence-electron chi connectivity index (χ4n) is 4.14. The van der Waals surface area contributed by atoms with E-state index in [1.54, 1.807) is 38.1 Å². The molecule has 0 saturated carbocycles. The van der Waals surface area contributed by atoms with Crippen molar-refractivity contribution < 1.29 is 22.7 Å². The lowest BCUT2D eigenvalue weighted by atomic mass is 10.1. The minimum absolute atomic E-state index is 0.0475. The molecule has 0 aliphatic heterocycles. The maximum absolute atomic E-state index is 14.0. The number of nitrogens with one attached hydrogen (secondary N) is 1. The zero-order chi connectivity index (χ0) is 28.7. The van der Waals surface area contributed by atoms with Gasteiger partial charge in [0.25, 0.3) is 10.0 Å². The van der Waals surface area contributed by atoms with Crippen LogP contribution in [0.25, 0.3) is 0 Å². The van der Waals surface area contributed by atoms with Crippen molar-refractivity contribution in [1.82, 2.24) is 10.2 Å². The van der Waals surface area contributed by atoms with E-state index in [9.17, 15) is 18.0 Å². The van der Waals surface area contributed by atoms with E-state index >= 15 is 0 Å². The standard InChI is InChI=1S/C30H37N3O5S/c1-7-31-30(35)24(5)32(19-25-13-8-21(2)9-14-25)29(34)20-33(27-18-23(4)12-17-28(27)38-6)39(36,37)26-15-10-22(3)11-16-26/h8-18,24H,7,19-20H2,1-6H3,(H,31,35). The van der Waals surface area contributed by atoms with Crippen molar-refractivity contribution in [2.45, 2.75) is 52.1 Å². The zero-order valence-corrected chi connectivity index (χ0v) is 24.2. The first-order valence-electron chi connectivity index (χ1n) is 12.8. The summed E-state index contributed by atoms with van der Waals surface area (Å²) in [7, 11) is -2.73. The van der Waals surface area contributed by atoms with Gasteiger partial charge in [-0.2, -0.15) is 0 Å². The molecule has 3 aromatic carbocycles. The van der Waals surface area contributed by atoms with Crippen molar-refractivity contribution in [2.75, 3.05) is 24.5 Å². The summed E-state index contributed by atoms with van der Waals surface area (Å²) < 4.78 is 34.6. The van der Waals surface area contributed by atoms with Crippen molar-refractivity contribution in [3.8, 4) is 5.75 Å². The van der Waals surface area contributed by atoms with Crippen molar-refractivity contribution in [3.63, 3.8) is 0 Å². The first-order chi connectivity index (χ1) is 18.5. The van der Waals surface area contributed by atoms with Crippen LogP contribution in [0.15, 0.2) is 71.6 Å². The van der Waals surface area contributed by atoms with Crippen LogP contribution in [-0.2, 0) is 26.2 Å². The first kappa shape index (κ1) is 29.7. The molecular weight excluding hydrogens is 514 g/mol. The number of carbonyl (C=O) groups excluding carboxylic acids is 2. The zero-order valence-electron chi connectivity index (χ0n) is 23.4. The smallest absolute Gasteiger partial charge is 0.264 e. The number of nitrogens with zero attached hydrogens (tertiary/aromatic N) is 2. The van der Waals surface area contributed by atoms with Crippen LogP contribution in [-0.4, -0.2) is 51.4 Å². The summed E-state index contributed by atoms with van der Waals surface area (Å²) in [5, 5.41) is 2.76. The van der Waals surface area contributed by atoms with Gasteiger partial charge in [0.15, 0.2) is 0 Å². The lowest BCUT2D eigenvalue weighted by Crippen LogP contribution is -2.51. The van der Waals surface area contributed by atoms with E-state index in [1.807, 2.05) is 51.1 Å². The summed E-state index contributed by atoms with van der Waals surface area (Å²) in [5.74, 6) is -0.529. The molecule has 0 aliphatic carbocycles. The Morgan fingerprint density at radius 1 is 0.897 bits per heavy atom. The summed E-state index contributed by atoms with van der Waals surface area (Å²) >= 11 is 0. The quantitative estimate of drug-likeness (QED) is 0.382. The third-order valence-corrected chi connectivity index (χ3v) is 8.26. The molecule has 208 valence electrons. The molecular formula is C30H37N3O5S. The van der Waals surface area contributed by atoms with Gasteiger partial charge in [-0.3, -0.25) is 13.9 Å². The topological polar surface area (TPSA) is 96.0 Å². The van der Waals surface area contributed by atoms with Crippen LogP contribution >= 0.6 is 0 Å². The number of likely N-dealkylation sites (N-methyl/N-ethyl adjacent to an activating group) is 1. The second-order valence-electron chi connectivity index (χ2n) is 9.58. The normalized spacial score (nSPS) is 11.9. The maximum Gasteiger partial charge on any atom is 0.264 e. The van der Waals surface area contributed by atoms with Crippen LogP contribution in [0.3, 0.4) is 0 Å². The Morgan fingerprint density at radius 2 is 1.46 bits per heavy atom. The molecule has 2 amide bonds. The summed E-state index contributed by atoms with van der Waals surface area (Å²) in [4.78, 5) is 28.3. The molecule has 1 atom stereocenters. The van der Waals surface area contributed by atoms with Gasteiger partial charge in [0.2, 0.25) is 11.8 Å². The molecule has 0 saturated heterocycles. The highest BCUT2D eigenvalue weighted by atomic mass is 32.2. The number of carbonyl (C=O) groups is 2. The lowest BCUT2D eigenvalue weighted by molar-refractivity contribution is -0.139. The van der Waals surface area contributed by atoms with Gasteiger partial charge in [0.1, 0.15) is 18.3 Å². The van der Waals surface area contributed by atoms with E-state index in [2.05, 4.69) is 5.32 Å². The number of hydrogen-bond acceptors (Lipinski definition) is 5. The van der Waals surface area contributed by atoms with Gasteiger partial charge in [-0.25, -0.2) is 8.42 Å². The molecule has 3 rings (SSSR count). The van der Waals surface area contributed by atoms with Crippen LogP contribution < -0.4 is 14.4 Å². The number of ether oxygens (including phenoxy) is 1. The number of hydrogen-bond donors (Lipinski definition) is 1. The average Bonchev–Trinajstić information content (AvgIpc) is 2.91. The first-order valence-corrected chi connectivity index (χ1v) is 14.3. The molecule has 0 spiro atoms. The van der Waals surface area contributed by atoms with E-state index in [0.29, 0.717) is 12.3 Å². The average molecular weight is 552 g/mol. The Hall–Kier alpha value is -3.85. The Labute approximate surface area is 231 Å². The van der Waals surface area contributed by atoms with Gasteiger partial charge in [0.05, 0.1) is 17.7 Å². The predicted octanol–water partition coefficient (Wildman–Crippen LogP) is 4.37. The summed E-state index contributed by atoms with van der Waals surface area (Å²) in [6.07, 6.45) is 0. The second-order valence-corrected chi connectivity index (χ2v) is 11.4. The number of sulfonamides is 1. The van der Waals surface area contributed by atoms with E-state index in [1.165, 1.54) is 24.1 Å². The summed E-state index contributed by atoms with van der Waals surface area (Å²) in [5.41, 5.74) is 3.84. The van der Waals surface area contributed by atoms with Gasteiger partial charge in [-0.15, -0.1) is 0 Å². The van der Waals surface area contributed by atoms with Gasteiger partial charge >= 0.3 is 0 Å². The summed E-state index contributed by atoms with van der Waals surface area (Å²) in [6.45, 7) is 9.14. The molecule has 0 radical (unpaired) electrons. The highest BCUT2D eigenvalue weighted by Crippen LogP contribution is 2.33. The third kappa shape index (κ3) is 7.17. The molecule has 0 fully saturated rings. The molecule has 0 aromatic heterocycles. The number of rotatable bonds is 11. The fourth-order valence-corrected chi connectivity index (χ4v) is 5.56. The monoisotopic (exact) mass is 551 g/mol. The van der Waals surface area contributed by atoms with Crippen molar-refractivity contribution in [3.05, 3.63) is 89.0 Å². The molecule has 1 unspecified atom stereocenters.